The summed E-state index contributed by atoms with van der Waals surface area (Å²) >= 11 is 6.35. The van der Waals surface area contributed by atoms with E-state index in [1.165, 1.54) is 0 Å². The van der Waals surface area contributed by atoms with Crippen molar-refractivity contribution in [3.63, 3.8) is 0 Å². The first-order valence-electron chi connectivity index (χ1n) is 20.0. The lowest BCUT2D eigenvalue weighted by molar-refractivity contribution is -0.136. The summed E-state index contributed by atoms with van der Waals surface area (Å²) in [7, 11) is 0. The molecule has 5 aliphatic heterocycles. The second kappa shape index (κ2) is 15.2. The van der Waals surface area contributed by atoms with Crippen LogP contribution in [0.25, 0.3) is 0 Å². The van der Waals surface area contributed by atoms with Crippen molar-refractivity contribution in [1.29, 1.82) is 5.26 Å². The average Bonchev–Trinajstić information content (AvgIpc) is 3.72. The van der Waals surface area contributed by atoms with E-state index in [-0.39, 0.29) is 42.8 Å². The van der Waals surface area contributed by atoms with E-state index in [1.807, 2.05) is 48.5 Å². The van der Waals surface area contributed by atoms with Crippen LogP contribution in [0.4, 0.5) is 11.4 Å². The highest BCUT2D eigenvalue weighted by atomic mass is 35.5. The monoisotopic (exact) mass is 789 g/mol. The molecule has 14 heteroatoms. The lowest BCUT2D eigenvalue weighted by Gasteiger charge is -2.47. The largest absolute Gasteiger partial charge is 0.374 e. The highest BCUT2D eigenvalue weighted by molar-refractivity contribution is 6.32. The van der Waals surface area contributed by atoms with Crippen LogP contribution in [-0.2, 0) is 27.4 Å². The number of carbonyl (C=O) groups excluding carboxylic acids is 5. The van der Waals surface area contributed by atoms with Crippen LogP contribution >= 0.6 is 11.6 Å². The lowest BCUT2D eigenvalue weighted by atomic mass is 9.86. The summed E-state index contributed by atoms with van der Waals surface area (Å²) in [6, 6.07) is 18.5. The maximum atomic E-state index is 13.3. The summed E-state index contributed by atoms with van der Waals surface area (Å²) in [5.74, 6) is -1.49. The molecule has 0 spiro atoms. The van der Waals surface area contributed by atoms with Gasteiger partial charge in [0.2, 0.25) is 11.8 Å². The normalized spacial score (nSPS) is 25.2. The minimum atomic E-state index is -0.963. The molecule has 6 aliphatic rings. The Hall–Kier alpha value is -5.29. The van der Waals surface area contributed by atoms with Crippen molar-refractivity contribution in [2.24, 2.45) is 5.92 Å². The molecule has 1 aliphatic carbocycles. The van der Waals surface area contributed by atoms with Crippen molar-refractivity contribution in [1.82, 2.24) is 20.4 Å². The first-order valence-corrected chi connectivity index (χ1v) is 20.3. The topological polar surface area (TPSA) is 155 Å². The summed E-state index contributed by atoms with van der Waals surface area (Å²) < 4.78 is 6.19. The molecule has 4 fully saturated rings. The van der Waals surface area contributed by atoms with E-state index < -0.39 is 23.8 Å². The lowest BCUT2D eigenvalue weighted by Crippen LogP contribution is -2.57. The number of ether oxygens (including phenoxy) is 1. The van der Waals surface area contributed by atoms with Crippen molar-refractivity contribution < 1.29 is 28.7 Å². The molecule has 5 heterocycles. The number of nitrogens with zero attached hydrogens (tertiary/aromatic N) is 5. The van der Waals surface area contributed by atoms with Crippen molar-refractivity contribution in [2.45, 2.75) is 82.3 Å². The molecule has 57 heavy (non-hydrogen) atoms. The summed E-state index contributed by atoms with van der Waals surface area (Å²) in [5.41, 5.74) is 5.95. The molecule has 2 N–H and O–H groups in total. The van der Waals surface area contributed by atoms with E-state index >= 15 is 0 Å². The second-order valence-corrected chi connectivity index (χ2v) is 16.6. The maximum Gasteiger partial charge on any atom is 0.262 e. The Kier molecular flexibility index (Phi) is 9.96. The molecule has 5 amide bonds. The van der Waals surface area contributed by atoms with Crippen LogP contribution in [0.15, 0.2) is 54.6 Å². The fourth-order valence-electron chi connectivity index (χ4n) is 9.74. The predicted molar refractivity (Wildman–Crippen MR) is 211 cm³/mol. The number of halogens is 1. The Morgan fingerprint density at radius 2 is 1.58 bits per heavy atom. The minimum Gasteiger partial charge on any atom is -0.374 e. The molecule has 3 aromatic rings. The molecule has 13 nitrogen and oxygen atoms in total. The van der Waals surface area contributed by atoms with Crippen molar-refractivity contribution in [3.8, 4) is 6.07 Å². The summed E-state index contributed by atoms with van der Waals surface area (Å²) in [5, 5.41) is 15.2. The molecular weight excluding hydrogens is 746 g/mol. The van der Waals surface area contributed by atoms with Crippen LogP contribution in [-0.4, -0.2) is 96.4 Å². The van der Waals surface area contributed by atoms with Gasteiger partial charge in [-0.1, -0.05) is 11.6 Å². The van der Waals surface area contributed by atoms with Gasteiger partial charge in [0, 0.05) is 68.7 Å². The van der Waals surface area contributed by atoms with E-state index in [0.717, 1.165) is 85.7 Å². The summed E-state index contributed by atoms with van der Waals surface area (Å²) in [6.45, 7) is 5.51. The summed E-state index contributed by atoms with van der Waals surface area (Å²) in [4.78, 5) is 72.1. The van der Waals surface area contributed by atoms with E-state index in [1.54, 1.807) is 6.07 Å². The fourth-order valence-corrected chi connectivity index (χ4v) is 9.96. The van der Waals surface area contributed by atoms with E-state index in [0.29, 0.717) is 52.9 Å². The van der Waals surface area contributed by atoms with Gasteiger partial charge in [-0.15, -0.1) is 0 Å². The predicted octanol–water partition coefficient (Wildman–Crippen LogP) is 4.40. The van der Waals surface area contributed by atoms with Gasteiger partial charge in [-0.2, -0.15) is 5.26 Å². The Bertz CT molecular complexity index is 2150. The van der Waals surface area contributed by atoms with Gasteiger partial charge in [0.25, 0.3) is 17.7 Å². The van der Waals surface area contributed by atoms with Gasteiger partial charge in [-0.25, -0.2) is 0 Å². The van der Waals surface area contributed by atoms with Gasteiger partial charge in [0.1, 0.15) is 12.1 Å². The Labute approximate surface area is 335 Å². The first kappa shape index (κ1) is 37.3. The number of carbonyl (C=O) groups is 5. The number of anilines is 2. The Morgan fingerprint density at radius 3 is 2.25 bits per heavy atom. The molecule has 1 unspecified atom stereocenters. The third kappa shape index (κ3) is 7.15. The molecule has 9 rings (SSSR count). The molecular formula is C43H44ClN7O6. The van der Waals surface area contributed by atoms with Gasteiger partial charge in [-0.3, -0.25) is 39.1 Å². The van der Waals surface area contributed by atoms with Gasteiger partial charge in [0.15, 0.2) is 0 Å². The molecule has 0 aromatic heterocycles. The third-order valence-electron chi connectivity index (χ3n) is 12.7. The van der Waals surface area contributed by atoms with Crippen LogP contribution < -0.4 is 20.4 Å². The van der Waals surface area contributed by atoms with E-state index in [9.17, 15) is 29.2 Å². The zero-order valence-electron chi connectivity index (χ0n) is 31.5. The molecule has 0 bridgehead atoms. The highest BCUT2D eigenvalue weighted by Crippen LogP contribution is 2.36. The number of nitriles is 1. The van der Waals surface area contributed by atoms with Crippen LogP contribution in [0.2, 0.25) is 5.02 Å². The van der Waals surface area contributed by atoms with E-state index in [2.05, 4.69) is 31.4 Å². The highest BCUT2D eigenvalue weighted by Gasteiger charge is 2.45. The first-order chi connectivity index (χ1) is 27.6. The second-order valence-electron chi connectivity index (χ2n) is 16.2. The minimum absolute atomic E-state index is 0.00431. The van der Waals surface area contributed by atoms with Crippen molar-refractivity contribution in [3.05, 3.63) is 93.0 Å². The number of hydrogen-bond acceptors (Lipinski definition) is 10. The van der Waals surface area contributed by atoms with Crippen LogP contribution in [0.5, 0.6) is 0 Å². The number of benzene rings is 3. The third-order valence-corrected chi connectivity index (χ3v) is 13.0. The van der Waals surface area contributed by atoms with Gasteiger partial charge >= 0.3 is 0 Å². The number of rotatable bonds is 7. The van der Waals surface area contributed by atoms with Crippen LogP contribution in [0.1, 0.15) is 92.7 Å². The fraction of sp³-hybridized carbons (Fsp3) is 0.442. The van der Waals surface area contributed by atoms with Crippen LogP contribution in [0, 0.1) is 17.2 Å². The SMILES string of the molecule is N#Cc1ccc(N2CCO[C@@H]3C[C@H](NC(=O)c4ccc(N5CCC(CN6Cc7cc8c(cc7C6)C(=O)N(C6CCC(=O)NC6=O)C8=O)CC5)cc4)CC[C@H]32)cc1Cl. The quantitative estimate of drug-likeness (QED) is 0.329. The Balaban J connectivity index is 0.741. The smallest absolute Gasteiger partial charge is 0.262 e. The number of fused-ring (bicyclic) bond motifs is 3. The molecule has 3 saturated heterocycles. The number of hydrogen-bond donors (Lipinski definition) is 2. The average molecular weight is 790 g/mol. The number of nitrogens with one attached hydrogen (secondary N) is 2. The number of amides is 5. The van der Waals surface area contributed by atoms with Crippen LogP contribution in [0.3, 0.4) is 0 Å². The molecule has 4 atom stereocenters. The zero-order chi connectivity index (χ0) is 39.4. The molecule has 1 saturated carbocycles. The number of morpholine rings is 1. The standard InChI is InChI=1S/C43H44ClN7O6/c44-35-20-32(7-3-27(35)21-45)50-15-16-57-38-19-30(4-8-36(38)50)46-40(53)26-1-5-31(6-2-26)49-13-11-25(12-14-49)22-48-23-28-17-33-34(18-29(28)24-48)43(56)51(42(33)55)37-9-10-39(52)47-41(37)54/h1-3,5-7,17-18,20,25,30,36-38H,4,8-16,19,22-24H2,(H,46,53)(H,47,52,54)/t30-,36-,37?,38-/m1/s1. The summed E-state index contributed by atoms with van der Waals surface area (Å²) in [6.07, 6.45) is 4.76. The Morgan fingerprint density at radius 1 is 0.877 bits per heavy atom. The molecule has 294 valence electrons. The van der Waals surface area contributed by atoms with Gasteiger partial charge in [-0.05, 0) is 110 Å². The van der Waals surface area contributed by atoms with Crippen molar-refractivity contribution >= 4 is 52.5 Å². The molecule has 0 radical (unpaired) electrons. The van der Waals surface area contributed by atoms with Crippen molar-refractivity contribution in [2.75, 3.05) is 42.6 Å². The number of imide groups is 2. The number of piperidine rings is 2. The maximum absolute atomic E-state index is 13.3. The van der Waals surface area contributed by atoms with E-state index in [4.69, 9.17) is 16.3 Å². The van der Waals surface area contributed by atoms with Gasteiger partial charge < -0.3 is 19.9 Å². The zero-order valence-corrected chi connectivity index (χ0v) is 32.3. The van der Waals surface area contributed by atoms with Gasteiger partial charge in [0.05, 0.1) is 40.5 Å². The molecule has 3 aromatic carbocycles.